The predicted molar refractivity (Wildman–Crippen MR) is 78.8 cm³/mol. The molecule has 2 aromatic carbocycles. The molecule has 108 valence electrons. The molecular weight excluding hydrogens is 268 g/mol. The average molecular weight is 284 g/mol. The van der Waals surface area contributed by atoms with Crippen LogP contribution in [0.3, 0.4) is 0 Å². The Kier molecular flexibility index (Phi) is 4.72. The van der Waals surface area contributed by atoms with Crippen LogP contribution in [-0.4, -0.2) is 16.9 Å². The first-order valence-corrected chi connectivity index (χ1v) is 6.68. The normalized spacial score (nSPS) is 10.1. The lowest BCUT2D eigenvalue weighted by atomic mass is 10.1. The Morgan fingerprint density at radius 3 is 2.05 bits per heavy atom. The van der Waals surface area contributed by atoms with Crippen molar-refractivity contribution in [1.82, 2.24) is 0 Å². The number of hydrogen-bond donors (Lipinski definition) is 1. The number of benzene rings is 2. The van der Waals surface area contributed by atoms with E-state index in [2.05, 4.69) is 0 Å². The lowest BCUT2D eigenvalue weighted by Gasteiger charge is -2.07. The maximum Gasteiger partial charge on any atom is 0.335 e. The molecule has 1 N–H and O–H groups in total. The summed E-state index contributed by atoms with van der Waals surface area (Å²) in [5.41, 5.74) is 1.81. The molecule has 4 heteroatoms. The van der Waals surface area contributed by atoms with Crippen molar-refractivity contribution in [1.29, 1.82) is 0 Å². The Balaban J connectivity index is 1.96. The van der Waals surface area contributed by atoms with Gasteiger partial charge in [-0.05, 0) is 42.0 Å². The van der Waals surface area contributed by atoms with E-state index in [0.717, 1.165) is 5.56 Å². The average Bonchev–Trinajstić information content (AvgIpc) is 2.53. The molecule has 0 aliphatic rings. The molecule has 0 aromatic heterocycles. The first-order chi connectivity index (χ1) is 10.1. The van der Waals surface area contributed by atoms with Crippen molar-refractivity contribution in [3.8, 4) is 5.75 Å². The molecule has 0 aliphatic heterocycles. The van der Waals surface area contributed by atoms with E-state index in [0.29, 0.717) is 24.3 Å². The van der Waals surface area contributed by atoms with Gasteiger partial charge in [-0.25, -0.2) is 4.79 Å². The number of hydrogen-bond acceptors (Lipinski definition) is 3. The van der Waals surface area contributed by atoms with Gasteiger partial charge in [-0.1, -0.05) is 19.1 Å². The third-order valence-corrected chi connectivity index (χ3v) is 3.10. The SMILES string of the molecule is CCC(=O)c1ccc(OCc2ccc(C(=O)O)cc2)cc1. The molecule has 0 saturated heterocycles. The summed E-state index contributed by atoms with van der Waals surface area (Å²) in [7, 11) is 0. The topological polar surface area (TPSA) is 63.6 Å². The van der Waals surface area contributed by atoms with Crippen LogP contribution in [0.5, 0.6) is 5.75 Å². The van der Waals surface area contributed by atoms with Crippen LogP contribution in [-0.2, 0) is 6.61 Å². The van der Waals surface area contributed by atoms with Crippen LogP contribution in [0, 0.1) is 0 Å². The molecule has 0 saturated carbocycles. The van der Waals surface area contributed by atoms with E-state index in [1.54, 1.807) is 48.5 Å². The van der Waals surface area contributed by atoms with Crippen LogP contribution in [0.2, 0.25) is 0 Å². The number of carbonyl (C=O) groups is 2. The summed E-state index contributed by atoms with van der Waals surface area (Å²) in [6.07, 6.45) is 0.482. The van der Waals surface area contributed by atoms with Gasteiger partial charge in [0.15, 0.2) is 5.78 Å². The number of carboxylic acids is 1. The number of ketones is 1. The van der Waals surface area contributed by atoms with Crippen molar-refractivity contribution in [3.63, 3.8) is 0 Å². The van der Waals surface area contributed by atoms with E-state index in [4.69, 9.17) is 9.84 Å². The van der Waals surface area contributed by atoms with Crippen molar-refractivity contribution in [2.45, 2.75) is 20.0 Å². The summed E-state index contributed by atoms with van der Waals surface area (Å²) in [5, 5.41) is 8.82. The third-order valence-electron chi connectivity index (χ3n) is 3.10. The molecule has 0 fully saturated rings. The van der Waals surface area contributed by atoms with Crippen molar-refractivity contribution in [2.24, 2.45) is 0 Å². The van der Waals surface area contributed by atoms with Gasteiger partial charge in [-0.3, -0.25) is 4.79 Å². The standard InChI is InChI=1S/C17H16O4/c1-2-16(18)13-7-9-15(10-8-13)21-11-12-3-5-14(6-4-12)17(19)20/h3-10H,2,11H2,1H3,(H,19,20). The lowest BCUT2D eigenvalue weighted by Crippen LogP contribution is -1.99. The van der Waals surface area contributed by atoms with Gasteiger partial charge < -0.3 is 9.84 Å². The maximum atomic E-state index is 11.5. The summed E-state index contributed by atoms with van der Waals surface area (Å²) in [6, 6.07) is 13.5. The van der Waals surface area contributed by atoms with Crippen LogP contribution < -0.4 is 4.74 Å². The number of aromatic carboxylic acids is 1. The lowest BCUT2D eigenvalue weighted by molar-refractivity contribution is 0.0696. The largest absolute Gasteiger partial charge is 0.489 e. The van der Waals surface area contributed by atoms with Gasteiger partial charge in [0, 0.05) is 12.0 Å². The van der Waals surface area contributed by atoms with Gasteiger partial charge in [0.2, 0.25) is 0 Å². The Morgan fingerprint density at radius 1 is 0.952 bits per heavy atom. The monoisotopic (exact) mass is 284 g/mol. The second kappa shape index (κ2) is 6.70. The van der Waals surface area contributed by atoms with Crippen molar-refractivity contribution in [3.05, 3.63) is 65.2 Å². The molecule has 0 spiro atoms. The van der Waals surface area contributed by atoms with Crippen LogP contribution in [0.15, 0.2) is 48.5 Å². The smallest absolute Gasteiger partial charge is 0.335 e. The maximum absolute atomic E-state index is 11.5. The minimum atomic E-state index is -0.946. The zero-order valence-corrected chi connectivity index (χ0v) is 11.7. The van der Waals surface area contributed by atoms with E-state index in [9.17, 15) is 9.59 Å². The highest BCUT2D eigenvalue weighted by molar-refractivity contribution is 5.95. The number of Topliss-reactive ketones (excluding diaryl/α,β-unsaturated/α-hetero) is 1. The summed E-state index contributed by atoms with van der Waals surface area (Å²) >= 11 is 0. The molecular formula is C17H16O4. The van der Waals surface area contributed by atoms with E-state index in [1.165, 1.54) is 0 Å². The Labute approximate surface area is 123 Å². The van der Waals surface area contributed by atoms with Gasteiger partial charge in [0.1, 0.15) is 12.4 Å². The van der Waals surface area contributed by atoms with Crippen LogP contribution in [0.1, 0.15) is 39.6 Å². The van der Waals surface area contributed by atoms with Gasteiger partial charge in [-0.2, -0.15) is 0 Å². The summed E-state index contributed by atoms with van der Waals surface area (Å²) in [6.45, 7) is 2.18. The zero-order chi connectivity index (χ0) is 15.2. The molecule has 21 heavy (non-hydrogen) atoms. The Bertz CT molecular complexity index is 627. The fraction of sp³-hybridized carbons (Fsp3) is 0.176. The summed E-state index contributed by atoms with van der Waals surface area (Å²) in [5.74, 6) is -0.172. The van der Waals surface area contributed by atoms with Crippen LogP contribution in [0.25, 0.3) is 0 Å². The molecule has 0 bridgehead atoms. The number of carboxylic acid groups (broad SMARTS) is 1. The molecule has 0 heterocycles. The van der Waals surface area contributed by atoms with E-state index >= 15 is 0 Å². The van der Waals surface area contributed by atoms with E-state index in [1.807, 2.05) is 6.92 Å². The number of rotatable bonds is 6. The van der Waals surface area contributed by atoms with Gasteiger partial charge in [0.05, 0.1) is 5.56 Å². The highest BCUT2D eigenvalue weighted by Gasteiger charge is 2.04. The van der Waals surface area contributed by atoms with Crippen molar-refractivity contribution >= 4 is 11.8 Å². The molecule has 0 unspecified atom stereocenters. The first kappa shape index (κ1) is 14.8. The van der Waals surface area contributed by atoms with Gasteiger partial charge >= 0.3 is 5.97 Å². The minimum Gasteiger partial charge on any atom is -0.489 e. The molecule has 0 atom stereocenters. The predicted octanol–water partition coefficient (Wildman–Crippen LogP) is 3.56. The quantitative estimate of drug-likeness (QED) is 0.824. The fourth-order valence-corrected chi connectivity index (χ4v) is 1.85. The number of carbonyl (C=O) groups excluding carboxylic acids is 1. The van der Waals surface area contributed by atoms with E-state index in [-0.39, 0.29) is 11.3 Å². The third kappa shape index (κ3) is 3.92. The molecule has 2 rings (SSSR count). The molecule has 0 aliphatic carbocycles. The molecule has 4 nitrogen and oxygen atoms in total. The fourth-order valence-electron chi connectivity index (χ4n) is 1.85. The second-order valence-corrected chi connectivity index (χ2v) is 4.59. The number of ether oxygens (including phenoxy) is 1. The highest BCUT2D eigenvalue weighted by atomic mass is 16.5. The second-order valence-electron chi connectivity index (χ2n) is 4.59. The highest BCUT2D eigenvalue weighted by Crippen LogP contribution is 2.15. The minimum absolute atomic E-state index is 0.103. The molecule has 0 amide bonds. The molecule has 0 radical (unpaired) electrons. The van der Waals surface area contributed by atoms with Crippen LogP contribution >= 0.6 is 0 Å². The van der Waals surface area contributed by atoms with Gasteiger partial charge in [-0.15, -0.1) is 0 Å². The van der Waals surface area contributed by atoms with Crippen molar-refractivity contribution in [2.75, 3.05) is 0 Å². The van der Waals surface area contributed by atoms with Crippen molar-refractivity contribution < 1.29 is 19.4 Å². The first-order valence-electron chi connectivity index (χ1n) is 6.68. The Hall–Kier alpha value is -2.62. The van der Waals surface area contributed by atoms with E-state index < -0.39 is 5.97 Å². The summed E-state index contributed by atoms with van der Waals surface area (Å²) in [4.78, 5) is 22.2. The summed E-state index contributed by atoms with van der Waals surface area (Å²) < 4.78 is 5.60. The zero-order valence-electron chi connectivity index (χ0n) is 11.7. The van der Waals surface area contributed by atoms with Crippen LogP contribution in [0.4, 0.5) is 0 Å². The van der Waals surface area contributed by atoms with Gasteiger partial charge in [0.25, 0.3) is 0 Å². The molecule has 2 aromatic rings. The Morgan fingerprint density at radius 2 is 1.52 bits per heavy atom.